The van der Waals surface area contributed by atoms with Crippen molar-refractivity contribution in [1.82, 2.24) is 15.0 Å². The molecule has 0 aliphatic heterocycles. The van der Waals surface area contributed by atoms with Gasteiger partial charge in [0.2, 0.25) is 5.88 Å². The van der Waals surface area contributed by atoms with Crippen LogP contribution < -0.4 is 15.4 Å². The fourth-order valence-electron chi connectivity index (χ4n) is 3.46. The number of amides is 2. The minimum atomic E-state index is -0.313. The highest BCUT2D eigenvalue weighted by atomic mass is 16.5. The second-order valence-corrected chi connectivity index (χ2v) is 9.10. The van der Waals surface area contributed by atoms with Crippen molar-refractivity contribution in [2.45, 2.75) is 39.5 Å². The van der Waals surface area contributed by atoms with Crippen LogP contribution in [-0.4, -0.2) is 21.0 Å². The van der Waals surface area contributed by atoms with Crippen LogP contribution in [-0.2, 0) is 11.8 Å². The third-order valence-corrected chi connectivity index (χ3v) is 5.38. The molecule has 0 unspecified atom stereocenters. The Hall–Kier alpha value is -4.26. The van der Waals surface area contributed by atoms with Gasteiger partial charge in [-0.3, -0.25) is 0 Å². The van der Waals surface area contributed by atoms with Gasteiger partial charge < -0.3 is 15.4 Å². The van der Waals surface area contributed by atoms with E-state index in [2.05, 4.69) is 52.4 Å². The molecule has 4 aromatic rings. The fourth-order valence-corrected chi connectivity index (χ4v) is 3.46. The van der Waals surface area contributed by atoms with Gasteiger partial charge in [0, 0.05) is 30.2 Å². The lowest BCUT2D eigenvalue weighted by molar-refractivity contribution is 0.262. The SMILES string of the molecule is CCc1nccc(-c2cccnc2Oc2ccc(NC(=O)Nc3cccc(C(C)(C)C)c3)cc2)n1. The maximum absolute atomic E-state index is 12.5. The average molecular weight is 468 g/mol. The lowest BCUT2D eigenvalue weighted by Crippen LogP contribution is -2.20. The number of nitrogens with zero attached hydrogens (tertiary/aromatic N) is 3. The van der Waals surface area contributed by atoms with Gasteiger partial charge in [0.05, 0.1) is 11.3 Å². The molecule has 0 bridgehead atoms. The standard InChI is InChI=1S/C28H29N5O2/c1-5-25-29-17-15-24(33-25)23-10-7-16-30-26(23)35-22-13-11-20(12-14-22)31-27(34)32-21-9-6-8-19(18-21)28(2,3)4/h6-18H,5H2,1-4H3,(H2,31,32,34). The molecule has 0 aliphatic rings. The van der Waals surface area contributed by atoms with Crippen LogP contribution in [0.25, 0.3) is 11.3 Å². The molecule has 4 rings (SSSR count). The molecule has 2 heterocycles. The number of benzene rings is 2. The van der Waals surface area contributed by atoms with Crippen molar-refractivity contribution in [3.63, 3.8) is 0 Å². The first-order valence-corrected chi connectivity index (χ1v) is 11.6. The maximum atomic E-state index is 12.5. The first kappa shape index (κ1) is 23.9. The number of nitrogens with one attached hydrogen (secondary N) is 2. The largest absolute Gasteiger partial charge is 0.438 e. The minimum Gasteiger partial charge on any atom is -0.438 e. The van der Waals surface area contributed by atoms with Crippen molar-refractivity contribution in [1.29, 1.82) is 0 Å². The van der Waals surface area contributed by atoms with E-state index in [1.807, 2.05) is 43.3 Å². The zero-order chi connectivity index (χ0) is 24.8. The van der Waals surface area contributed by atoms with Gasteiger partial charge in [-0.15, -0.1) is 0 Å². The third kappa shape index (κ3) is 6.20. The molecular weight excluding hydrogens is 438 g/mol. The van der Waals surface area contributed by atoms with Crippen LogP contribution in [0.4, 0.5) is 16.2 Å². The second-order valence-electron chi connectivity index (χ2n) is 9.10. The van der Waals surface area contributed by atoms with E-state index in [1.54, 1.807) is 36.7 Å². The predicted molar refractivity (Wildman–Crippen MR) is 139 cm³/mol. The summed E-state index contributed by atoms with van der Waals surface area (Å²) in [5, 5.41) is 5.74. The maximum Gasteiger partial charge on any atom is 0.323 e. The van der Waals surface area contributed by atoms with E-state index < -0.39 is 0 Å². The molecule has 0 atom stereocenters. The lowest BCUT2D eigenvalue weighted by atomic mass is 9.87. The number of ether oxygens (including phenoxy) is 1. The fraction of sp³-hybridized carbons (Fsp3) is 0.214. The molecule has 2 aromatic heterocycles. The van der Waals surface area contributed by atoms with E-state index in [4.69, 9.17) is 4.74 Å². The predicted octanol–water partition coefficient (Wildman–Crippen LogP) is 6.83. The Kier molecular flexibility index (Phi) is 7.06. The summed E-state index contributed by atoms with van der Waals surface area (Å²) in [6, 6.07) is 20.3. The number of anilines is 2. The van der Waals surface area contributed by atoms with E-state index in [1.165, 1.54) is 0 Å². The molecule has 7 heteroatoms. The van der Waals surface area contributed by atoms with Gasteiger partial charge in [0.25, 0.3) is 0 Å². The molecule has 0 fully saturated rings. The number of hydrogen-bond donors (Lipinski definition) is 2. The van der Waals surface area contributed by atoms with Gasteiger partial charge in [-0.05, 0) is 65.6 Å². The number of pyridine rings is 1. The Morgan fingerprint density at radius 1 is 0.886 bits per heavy atom. The quantitative estimate of drug-likeness (QED) is 0.324. The topological polar surface area (TPSA) is 89.0 Å². The molecule has 2 N–H and O–H groups in total. The van der Waals surface area contributed by atoms with Crippen LogP contribution in [0.5, 0.6) is 11.6 Å². The summed E-state index contributed by atoms with van der Waals surface area (Å²) < 4.78 is 6.04. The van der Waals surface area contributed by atoms with Gasteiger partial charge in [-0.1, -0.05) is 39.8 Å². The molecule has 0 aliphatic carbocycles. The summed E-state index contributed by atoms with van der Waals surface area (Å²) in [5.41, 5.74) is 4.08. The Balaban J connectivity index is 1.43. The van der Waals surface area contributed by atoms with Gasteiger partial charge in [0.15, 0.2) is 0 Å². The van der Waals surface area contributed by atoms with Crippen molar-refractivity contribution >= 4 is 17.4 Å². The monoisotopic (exact) mass is 467 g/mol. The Labute approximate surface area is 205 Å². The molecule has 0 saturated carbocycles. The first-order valence-electron chi connectivity index (χ1n) is 11.6. The molecule has 0 spiro atoms. The number of carbonyl (C=O) groups excluding carboxylic acids is 1. The third-order valence-electron chi connectivity index (χ3n) is 5.38. The zero-order valence-electron chi connectivity index (χ0n) is 20.4. The van der Waals surface area contributed by atoms with Gasteiger partial charge in [0.1, 0.15) is 11.6 Å². The zero-order valence-corrected chi connectivity index (χ0v) is 20.4. The molecule has 0 radical (unpaired) electrons. The van der Waals surface area contributed by atoms with E-state index in [-0.39, 0.29) is 11.4 Å². The molecule has 35 heavy (non-hydrogen) atoms. The van der Waals surface area contributed by atoms with E-state index in [9.17, 15) is 4.79 Å². The molecule has 178 valence electrons. The number of aromatic nitrogens is 3. The number of carbonyl (C=O) groups is 1. The molecule has 0 saturated heterocycles. The summed E-state index contributed by atoms with van der Waals surface area (Å²) in [6.07, 6.45) is 4.16. The van der Waals surface area contributed by atoms with E-state index in [0.717, 1.165) is 34.8 Å². The molecule has 2 amide bonds. The highest BCUT2D eigenvalue weighted by molar-refractivity contribution is 5.99. The van der Waals surface area contributed by atoms with Crippen molar-refractivity contribution in [3.05, 3.63) is 90.5 Å². The summed E-state index contributed by atoms with van der Waals surface area (Å²) in [6.45, 7) is 8.43. The second kappa shape index (κ2) is 10.3. The number of rotatable bonds is 6. The highest BCUT2D eigenvalue weighted by Gasteiger charge is 2.14. The normalized spacial score (nSPS) is 11.1. The van der Waals surface area contributed by atoms with Crippen LogP contribution in [0.2, 0.25) is 0 Å². The average Bonchev–Trinajstić information content (AvgIpc) is 2.85. The highest BCUT2D eigenvalue weighted by Crippen LogP contribution is 2.31. The Morgan fingerprint density at radius 3 is 2.40 bits per heavy atom. The van der Waals surface area contributed by atoms with Gasteiger partial charge in [-0.25, -0.2) is 19.7 Å². The summed E-state index contributed by atoms with van der Waals surface area (Å²) in [5.74, 6) is 1.81. The summed E-state index contributed by atoms with van der Waals surface area (Å²) >= 11 is 0. The Bertz CT molecular complexity index is 1310. The number of urea groups is 1. The van der Waals surface area contributed by atoms with Crippen LogP contribution in [0.3, 0.4) is 0 Å². The van der Waals surface area contributed by atoms with Crippen molar-refractivity contribution < 1.29 is 9.53 Å². The summed E-state index contributed by atoms with van der Waals surface area (Å²) in [7, 11) is 0. The van der Waals surface area contributed by atoms with Crippen molar-refractivity contribution in [2.75, 3.05) is 10.6 Å². The van der Waals surface area contributed by atoms with Gasteiger partial charge >= 0.3 is 6.03 Å². The van der Waals surface area contributed by atoms with Crippen molar-refractivity contribution in [3.8, 4) is 22.9 Å². The Morgan fingerprint density at radius 2 is 1.66 bits per heavy atom. The van der Waals surface area contributed by atoms with E-state index >= 15 is 0 Å². The number of aryl methyl sites for hydroxylation is 1. The van der Waals surface area contributed by atoms with Crippen LogP contribution >= 0.6 is 0 Å². The molecular formula is C28H29N5O2. The smallest absolute Gasteiger partial charge is 0.323 e. The van der Waals surface area contributed by atoms with Crippen LogP contribution in [0.15, 0.2) is 79.1 Å². The van der Waals surface area contributed by atoms with Crippen LogP contribution in [0.1, 0.15) is 39.1 Å². The molecule has 7 nitrogen and oxygen atoms in total. The molecule has 2 aromatic carbocycles. The summed E-state index contributed by atoms with van der Waals surface area (Å²) in [4.78, 5) is 25.7. The lowest BCUT2D eigenvalue weighted by Gasteiger charge is -2.20. The van der Waals surface area contributed by atoms with Gasteiger partial charge in [-0.2, -0.15) is 0 Å². The first-order chi connectivity index (χ1) is 16.8. The minimum absolute atomic E-state index is 0.00320. The number of hydrogen-bond acceptors (Lipinski definition) is 5. The van der Waals surface area contributed by atoms with Crippen molar-refractivity contribution in [2.24, 2.45) is 0 Å². The van der Waals surface area contributed by atoms with Crippen LogP contribution in [0, 0.1) is 0 Å². The van der Waals surface area contributed by atoms with E-state index in [0.29, 0.717) is 17.3 Å².